The number of rotatable bonds is 3. The molecule has 0 saturated heterocycles. The fourth-order valence-electron chi connectivity index (χ4n) is 3.61. The predicted molar refractivity (Wildman–Crippen MR) is 105 cm³/mol. The summed E-state index contributed by atoms with van der Waals surface area (Å²) in [5, 5.41) is 1.27. The number of ketones is 1. The summed E-state index contributed by atoms with van der Waals surface area (Å²) in [5.74, 6) is -0.0188. The van der Waals surface area contributed by atoms with Gasteiger partial charge in [0, 0.05) is 28.3 Å². The second-order valence-electron chi connectivity index (χ2n) is 6.72. The van der Waals surface area contributed by atoms with Crippen molar-refractivity contribution >= 4 is 39.3 Å². The van der Waals surface area contributed by atoms with Crippen LogP contribution in [0.3, 0.4) is 0 Å². The lowest BCUT2D eigenvalue weighted by Gasteiger charge is -2.19. The van der Waals surface area contributed by atoms with Crippen LogP contribution in [-0.2, 0) is 4.79 Å². The number of aromatic nitrogens is 1. The zero-order chi connectivity index (χ0) is 19.3. The lowest BCUT2D eigenvalue weighted by Crippen LogP contribution is -2.23. The summed E-state index contributed by atoms with van der Waals surface area (Å²) in [6.07, 6.45) is 0.214. The van der Waals surface area contributed by atoms with Gasteiger partial charge in [0.05, 0.1) is 5.52 Å². The zero-order valence-corrected chi connectivity index (χ0v) is 15.5. The summed E-state index contributed by atoms with van der Waals surface area (Å²) in [4.78, 5) is 38.0. The van der Waals surface area contributed by atoms with Crippen molar-refractivity contribution in [2.24, 2.45) is 0 Å². The Balaban J connectivity index is 2.34. The quantitative estimate of drug-likeness (QED) is 0.537. The summed E-state index contributed by atoms with van der Waals surface area (Å²) in [7, 11) is 0. The van der Waals surface area contributed by atoms with E-state index in [1.54, 1.807) is 47.0 Å². The van der Waals surface area contributed by atoms with Crippen LogP contribution in [0.25, 0.3) is 21.9 Å². The largest absolute Gasteiger partial charge is 0.449 e. The van der Waals surface area contributed by atoms with Gasteiger partial charge in [-0.05, 0) is 32.0 Å². The van der Waals surface area contributed by atoms with E-state index in [-0.39, 0.29) is 39.9 Å². The first-order chi connectivity index (χ1) is 12.9. The van der Waals surface area contributed by atoms with E-state index < -0.39 is 0 Å². The minimum absolute atomic E-state index is 0.0103. The molecule has 1 heterocycles. The van der Waals surface area contributed by atoms with Crippen LogP contribution >= 0.6 is 11.6 Å². The summed E-state index contributed by atoms with van der Waals surface area (Å²) in [6, 6.07) is 11.3. The van der Waals surface area contributed by atoms with Gasteiger partial charge in [-0.3, -0.25) is 14.4 Å². The van der Waals surface area contributed by atoms with E-state index in [0.29, 0.717) is 26.9 Å². The van der Waals surface area contributed by atoms with Crippen molar-refractivity contribution in [3.63, 3.8) is 0 Å². The van der Waals surface area contributed by atoms with Crippen LogP contribution in [-0.4, -0.2) is 10.4 Å². The number of carbonyl (C=O) groups is 1. The van der Waals surface area contributed by atoms with Crippen LogP contribution in [0.15, 0.2) is 56.5 Å². The molecule has 27 heavy (non-hydrogen) atoms. The molecule has 1 atom stereocenters. The maximum atomic E-state index is 13.2. The normalized spacial score (nSPS) is 12.7. The molecule has 0 spiro atoms. The fourth-order valence-corrected chi connectivity index (χ4v) is 3.78. The molecule has 1 unspecified atom stereocenters. The standard InChI is InChI=1S/C21H16ClNO4/c1-11(9-12(2)24)23-16-10-13(22)7-8-17(16)27-21-18(23)19(25)14-5-3-4-6-15(14)20(21)26/h3-8,10-11H,9H2,1-2H3. The molecule has 136 valence electrons. The highest BCUT2D eigenvalue weighted by atomic mass is 35.5. The van der Waals surface area contributed by atoms with Crippen molar-refractivity contribution in [2.75, 3.05) is 0 Å². The predicted octanol–water partition coefficient (Wildman–Crippen LogP) is 4.03. The molecule has 0 aromatic heterocycles. The average Bonchev–Trinajstić information content (AvgIpc) is 2.64. The second-order valence-corrected chi connectivity index (χ2v) is 7.16. The van der Waals surface area contributed by atoms with Crippen molar-refractivity contribution in [3.8, 4) is 0 Å². The van der Waals surface area contributed by atoms with Crippen molar-refractivity contribution in [1.82, 2.24) is 4.57 Å². The van der Waals surface area contributed by atoms with Crippen molar-refractivity contribution in [2.45, 2.75) is 26.3 Å². The second kappa shape index (κ2) is 6.35. The smallest absolute Gasteiger partial charge is 0.231 e. The van der Waals surface area contributed by atoms with Crippen LogP contribution in [0.5, 0.6) is 0 Å². The summed E-state index contributed by atoms with van der Waals surface area (Å²) < 4.78 is 7.55. The highest BCUT2D eigenvalue weighted by Crippen LogP contribution is 2.25. The Morgan fingerprint density at radius 1 is 1.11 bits per heavy atom. The number of nitrogens with zero attached hydrogens (tertiary/aromatic N) is 1. The molecule has 1 aliphatic carbocycles. The first-order valence-electron chi connectivity index (χ1n) is 8.57. The molecule has 2 aliphatic rings. The molecule has 0 saturated carbocycles. The van der Waals surface area contributed by atoms with Crippen LogP contribution < -0.4 is 10.9 Å². The third-order valence-corrected chi connectivity index (χ3v) is 4.94. The Labute approximate surface area is 158 Å². The summed E-state index contributed by atoms with van der Waals surface area (Å²) in [6.45, 7) is 3.33. The molecule has 6 heteroatoms. The van der Waals surface area contributed by atoms with E-state index in [0.717, 1.165) is 0 Å². The Hall–Kier alpha value is -2.92. The van der Waals surface area contributed by atoms with Crippen molar-refractivity contribution in [3.05, 3.63) is 78.7 Å². The molecular weight excluding hydrogens is 366 g/mol. The van der Waals surface area contributed by atoms with E-state index in [4.69, 9.17) is 16.0 Å². The van der Waals surface area contributed by atoms with E-state index in [9.17, 15) is 14.4 Å². The molecule has 0 N–H and O–H groups in total. The van der Waals surface area contributed by atoms with Gasteiger partial charge in [-0.15, -0.1) is 0 Å². The minimum Gasteiger partial charge on any atom is -0.449 e. The first-order valence-corrected chi connectivity index (χ1v) is 8.95. The van der Waals surface area contributed by atoms with Gasteiger partial charge in [-0.25, -0.2) is 0 Å². The van der Waals surface area contributed by atoms with Crippen LogP contribution in [0.4, 0.5) is 0 Å². The maximum Gasteiger partial charge on any atom is 0.231 e. The molecular formula is C21H16ClNO4. The van der Waals surface area contributed by atoms with Gasteiger partial charge < -0.3 is 8.98 Å². The average molecular weight is 382 g/mol. The van der Waals surface area contributed by atoms with Crippen molar-refractivity contribution < 1.29 is 9.21 Å². The molecule has 4 rings (SSSR count). The Kier molecular flexibility index (Phi) is 4.12. The Morgan fingerprint density at radius 2 is 1.78 bits per heavy atom. The Morgan fingerprint density at radius 3 is 2.44 bits per heavy atom. The third-order valence-electron chi connectivity index (χ3n) is 4.71. The molecule has 0 radical (unpaired) electrons. The lowest BCUT2D eigenvalue weighted by atomic mass is 10.1. The number of halogens is 1. The van der Waals surface area contributed by atoms with E-state index >= 15 is 0 Å². The van der Waals surface area contributed by atoms with Gasteiger partial charge in [-0.1, -0.05) is 35.9 Å². The monoisotopic (exact) mass is 381 g/mol. The van der Waals surface area contributed by atoms with Gasteiger partial charge in [-0.2, -0.15) is 0 Å². The molecule has 0 fully saturated rings. The number of hydrogen-bond donors (Lipinski definition) is 0. The first kappa shape index (κ1) is 17.5. The van der Waals surface area contributed by atoms with Gasteiger partial charge >= 0.3 is 0 Å². The van der Waals surface area contributed by atoms with Gasteiger partial charge in [0.15, 0.2) is 5.58 Å². The summed E-state index contributed by atoms with van der Waals surface area (Å²) >= 11 is 6.16. The van der Waals surface area contributed by atoms with E-state index in [2.05, 4.69) is 0 Å². The minimum atomic E-state index is -0.351. The van der Waals surface area contributed by atoms with E-state index in [1.165, 1.54) is 6.92 Å². The number of carbonyl (C=O) groups excluding carboxylic acids is 1. The van der Waals surface area contributed by atoms with Gasteiger partial charge in [0.25, 0.3) is 0 Å². The van der Waals surface area contributed by atoms with Gasteiger partial charge in [0.2, 0.25) is 16.3 Å². The molecule has 1 aliphatic heterocycles. The SMILES string of the molecule is CC(=O)CC(C)n1c2c(=O)c3ccccc3c(=O)c=2oc2ccc(Cl)cc21. The molecule has 2 aromatic rings. The summed E-state index contributed by atoms with van der Waals surface area (Å²) in [5.41, 5.74) is 0.329. The maximum absolute atomic E-state index is 13.2. The lowest BCUT2D eigenvalue weighted by molar-refractivity contribution is -0.117. The Bertz CT molecular complexity index is 1400. The fraction of sp³-hybridized carbons (Fsp3) is 0.190. The molecule has 2 aromatic carbocycles. The number of fused-ring (bicyclic) bond motifs is 2. The number of hydrogen-bond acceptors (Lipinski definition) is 4. The highest BCUT2D eigenvalue weighted by Gasteiger charge is 2.19. The molecule has 5 nitrogen and oxygen atoms in total. The van der Waals surface area contributed by atoms with Crippen molar-refractivity contribution in [1.29, 1.82) is 0 Å². The molecule has 0 amide bonds. The van der Waals surface area contributed by atoms with E-state index in [1.807, 2.05) is 6.92 Å². The van der Waals surface area contributed by atoms with Crippen LogP contribution in [0, 0.1) is 10.8 Å². The topological polar surface area (TPSA) is 69.3 Å². The van der Waals surface area contributed by atoms with Crippen LogP contribution in [0.1, 0.15) is 26.3 Å². The number of benzene rings is 2. The van der Waals surface area contributed by atoms with Gasteiger partial charge in [0.1, 0.15) is 11.1 Å². The number of Topliss-reactive ketones (excluding diaryl/α,β-unsaturated/α-hetero) is 1. The zero-order valence-electron chi connectivity index (χ0n) is 14.8. The third kappa shape index (κ3) is 2.75. The van der Waals surface area contributed by atoms with Crippen LogP contribution in [0.2, 0.25) is 5.02 Å². The molecule has 0 bridgehead atoms. The highest BCUT2D eigenvalue weighted by molar-refractivity contribution is 6.31.